The van der Waals surface area contributed by atoms with Crippen LogP contribution in [-0.4, -0.2) is 41.8 Å². The van der Waals surface area contributed by atoms with E-state index in [4.69, 9.17) is 0 Å². The quantitative estimate of drug-likeness (QED) is 0.839. The molecule has 0 aliphatic carbocycles. The van der Waals surface area contributed by atoms with Gasteiger partial charge in [0.25, 0.3) is 0 Å². The van der Waals surface area contributed by atoms with Crippen LogP contribution in [0.1, 0.15) is 36.3 Å². The first-order valence-electron chi connectivity index (χ1n) is 9.06. The average Bonchev–Trinajstić information content (AvgIpc) is 2.67. The molecule has 4 heteroatoms. The van der Waals surface area contributed by atoms with Crippen molar-refractivity contribution >= 4 is 6.09 Å². The van der Waals surface area contributed by atoms with Gasteiger partial charge in [-0.1, -0.05) is 67.1 Å². The molecule has 25 heavy (non-hydrogen) atoms. The van der Waals surface area contributed by atoms with Crippen LogP contribution in [0.15, 0.2) is 60.7 Å². The molecule has 2 N–H and O–H groups in total. The Balaban J connectivity index is 1.66. The second-order valence-corrected chi connectivity index (χ2v) is 6.64. The molecule has 2 aromatic rings. The second-order valence-electron chi connectivity index (χ2n) is 6.64. The fraction of sp³-hybridized carbons (Fsp3) is 0.381. The summed E-state index contributed by atoms with van der Waals surface area (Å²) >= 11 is 0. The maximum absolute atomic E-state index is 11.4. The van der Waals surface area contributed by atoms with Gasteiger partial charge < -0.3 is 15.3 Å². The summed E-state index contributed by atoms with van der Waals surface area (Å²) in [7, 11) is 0. The SMILES string of the molecule is O=C(O)N1CCNCC1CCCC(c1ccccc1)c1ccccc1. The summed E-state index contributed by atoms with van der Waals surface area (Å²) < 4.78 is 0. The maximum Gasteiger partial charge on any atom is 0.407 e. The first-order valence-corrected chi connectivity index (χ1v) is 9.06. The fourth-order valence-electron chi connectivity index (χ4n) is 3.72. The number of hydrogen-bond donors (Lipinski definition) is 2. The van der Waals surface area contributed by atoms with Crippen LogP contribution in [0.3, 0.4) is 0 Å². The van der Waals surface area contributed by atoms with E-state index in [9.17, 15) is 9.90 Å². The van der Waals surface area contributed by atoms with E-state index >= 15 is 0 Å². The Labute approximate surface area is 149 Å². The third kappa shape index (κ3) is 4.60. The predicted molar refractivity (Wildman–Crippen MR) is 100.0 cm³/mol. The van der Waals surface area contributed by atoms with Crippen molar-refractivity contribution in [3.63, 3.8) is 0 Å². The van der Waals surface area contributed by atoms with Gasteiger partial charge in [0, 0.05) is 31.6 Å². The van der Waals surface area contributed by atoms with Crippen LogP contribution in [0.2, 0.25) is 0 Å². The van der Waals surface area contributed by atoms with Crippen molar-refractivity contribution in [1.29, 1.82) is 0 Å². The van der Waals surface area contributed by atoms with Crippen LogP contribution in [0.4, 0.5) is 4.79 Å². The molecule has 1 atom stereocenters. The van der Waals surface area contributed by atoms with Crippen LogP contribution in [0, 0.1) is 0 Å². The second kappa shape index (κ2) is 8.67. The molecule has 0 aromatic heterocycles. The van der Waals surface area contributed by atoms with Crippen molar-refractivity contribution in [3.8, 4) is 0 Å². The zero-order valence-electron chi connectivity index (χ0n) is 14.5. The van der Waals surface area contributed by atoms with Gasteiger partial charge in [0.15, 0.2) is 0 Å². The van der Waals surface area contributed by atoms with Gasteiger partial charge in [0.05, 0.1) is 0 Å². The molecule has 4 nitrogen and oxygen atoms in total. The van der Waals surface area contributed by atoms with Crippen molar-refractivity contribution < 1.29 is 9.90 Å². The number of carboxylic acid groups (broad SMARTS) is 1. The van der Waals surface area contributed by atoms with Gasteiger partial charge in [-0.25, -0.2) is 4.79 Å². The molecule has 1 heterocycles. The van der Waals surface area contributed by atoms with E-state index < -0.39 is 6.09 Å². The van der Waals surface area contributed by atoms with Crippen LogP contribution in [0.5, 0.6) is 0 Å². The van der Waals surface area contributed by atoms with E-state index in [1.165, 1.54) is 11.1 Å². The van der Waals surface area contributed by atoms with E-state index in [1.54, 1.807) is 4.90 Å². The smallest absolute Gasteiger partial charge is 0.407 e. The molecular formula is C21H26N2O2. The minimum atomic E-state index is -0.797. The van der Waals surface area contributed by atoms with Gasteiger partial charge >= 0.3 is 6.09 Å². The summed E-state index contributed by atoms with van der Waals surface area (Å²) in [4.78, 5) is 13.0. The van der Waals surface area contributed by atoms with E-state index in [2.05, 4.69) is 53.8 Å². The lowest BCUT2D eigenvalue weighted by molar-refractivity contribution is 0.108. The highest BCUT2D eigenvalue weighted by atomic mass is 16.4. The summed E-state index contributed by atoms with van der Waals surface area (Å²) in [6, 6.07) is 21.3. The Morgan fingerprint density at radius 1 is 1.08 bits per heavy atom. The molecule has 1 fully saturated rings. The number of piperazine rings is 1. The van der Waals surface area contributed by atoms with Gasteiger partial charge in [-0.15, -0.1) is 0 Å². The van der Waals surface area contributed by atoms with Crippen LogP contribution in [0.25, 0.3) is 0 Å². The van der Waals surface area contributed by atoms with E-state index in [0.717, 1.165) is 32.4 Å². The van der Waals surface area contributed by atoms with Crippen molar-refractivity contribution in [1.82, 2.24) is 10.2 Å². The number of nitrogens with zero attached hydrogens (tertiary/aromatic N) is 1. The highest BCUT2D eigenvalue weighted by molar-refractivity contribution is 5.65. The lowest BCUT2D eigenvalue weighted by Crippen LogP contribution is -2.53. The van der Waals surface area contributed by atoms with E-state index in [1.807, 2.05) is 12.1 Å². The fourth-order valence-corrected chi connectivity index (χ4v) is 3.72. The molecule has 1 unspecified atom stereocenters. The molecule has 0 bridgehead atoms. The van der Waals surface area contributed by atoms with Crippen LogP contribution < -0.4 is 5.32 Å². The predicted octanol–water partition coefficient (Wildman–Crippen LogP) is 3.94. The summed E-state index contributed by atoms with van der Waals surface area (Å²) in [5.74, 6) is 0.359. The van der Waals surface area contributed by atoms with Gasteiger partial charge in [-0.3, -0.25) is 0 Å². The zero-order chi connectivity index (χ0) is 17.5. The Kier molecular flexibility index (Phi) is 6.07. The third-order valence-electron chi connectivity index (χ3n) is 5.03. The Bertz CT molecular complexity index is 621. The molecular weight excluding hydrogens is 312 g/mol. The summed E-state index contributed by atoms with van der Waals surface area (Å²) in [5.41, 5.74) is 2.65. The molecule has 3 rings (SSSR count). The van der Waals surface area contributed by atoms with Crippen molar-refractivity contribution in [2.75, 3.05) is 19.6 Å². The van der Waals surface area contributed by atoms with E-state index in [-0.39, 0.29) is 6.04 Å². The van der Waals surface area contributed by atoms with Crippen LogP contribution >= 0.6 is 0 Å². The average molecular weight is 338 g/mol. The zero-order valence-corrected chi connectivity index (χ0v) is 14.5. The Morgan fingerprint density at radius 2 is 1.68 bits per heavy atom. The third-order valence-corrected chi connectivity index (χ3v) is 5.03. The topological polar surface area (TPSA) is 52.6 Å². The number of hydrogen-bond acceptors (Lipinski definition) is 2. The van der Waals surface area contributed by atoms with Gasteiger partial charge in [-0.2, -0.15) is 0 Å². The Morgan fingerprint density at radius 3 is 2.24 bits per heavy atom. The Hall–Kier alpha value is -2.33. The molecule has 0 saturated carbocycles. The summed E-state index contributed by atoms with van der Waals surface area (Å²) in [6.45, 7) is 2.09. The number of nitrogens with one attached hydrogen (secondary N) is 1. The molecule has 1 amide bonds. The number of amides is 1. The highest BCUT2D eigenvalue weighted by Crippen LogP contribution is 2.30. The van der Waals surface area contributed by atoms with Gasteiger partial charge in [0.1, 0.15) is 0 Å². The molecule has 0 radical (unpaired) electrons. The van der Waals surface area contributed by atoms with E-state index in [0.29, 0.717) is 12.5 Å². The highest BCUT2D eigenvalue weighted by Gasteiger charge is 2.26. The maximum atomic E-state index is 11.4. The number of carbonyl (C=O) groups is 1. The first kappa shape index (κ1) is 17.5. The molecule has 1 aliphatic rings. The summed E-state index contributed by atoms with van der Waals surface area (Å²) in [6.07, 6.45) is 2.13. The normalized spacial score (nSPS) is 17.6. The lowest BCUT2D eigenvalue weighted by Gasteiger charge is -2.34. The van der Waals surface area contributed by atoms with Gasteiger partial charge in [-0.05, 0) is 24.0 Å². The molecule has 1 saturated heterocycles. The van der Waals surface area contributed by atoms with Crippen molar-refractivity contribution in [3.05, 3.63) is 71.8 Å². The molecule has 2 aromatic carbocycles. The molecule has 1 aliphatic heterocycles. The summed E-state index contributed by atoms with van der Waals surface area (Å²) in [5, 5.41) is 12.7. The number of rotatable bonds is 6. The minimum Gasteiger partial charge on any atom is -0.465 e. The van der Waals surface area contributed by atoms with Crippen molar-refractivity contribution in [2.24, 2.45) is 0 Å². The molecule has 0 spiro atoms. The number of benzene rings is 2. The first-order chi connectivity index (χ1) is 12.3. The van der Waals surface area contributed by atoms with Crippen LogP contribution in [-0.2, 0) is 0 Å². The molecule has 132 valence electrons. The standard InChI is InChI=1S/C21H26N2O2/c24-21(25)23-15-14-22-16-19(23)12-7-13-20(17-8-3-1-4-9-17)18-10-5-2-6-11-18/h1-6,8-11,19-20,22H,7,12-16H2,(H,24,25). The lowest BCUT2D eigenvalue weighted by atomic mass is 9.86. The minimum absolute atomic E-state index is 0.0819. The van der Waals surface area contributed by atoms with Crippen molar-refractivity contribution in [2.45, 2.75) is 31.2 Å². The van der Waals surface area contributed by atoms with Gasteiger partial charge in [0.2, 0.25) is 0 Å². The monoisotopic (exact) mass is 338 g/mol. The largest absolute Gasteiger partial charge is 0.465 e.